The van der Waals surface area contributed by atoms with E-state index in [0.717, 1.165) is 10.8 Å². The van der Waals surface area contributed by atoms with Gasteiger partial charge in [-0.2, -0.15) is 16.8 Å². The van der Waals surface area contributed by atoms with Gasteiger partial charge >= 0.3 is 0 Å². The number of rotatable bonds is 4. The smallest absolute Gasteiger partial charge is 0.282 e. The second-order valence-electron chi connectivity index (χ2n) is 6.42. The van der Waals surface area contributed by atoms with Crippen LogP contribution in [0.15, 0.2) is 92.8 Å². The average Bonchev–Trinajstić information content (AvgIpc) is 2.69. The molecular formula is C20H14N2O6S2. The molecule has 0 aromatic heterocycles. The van der Waals surface area contributed by atoms with E-state index < -0.39 is 35.7 Å². The molecule has 152 valence electrons. The van der Waals surface area contributed by atoms with E-state index in [9.17, 15) is 25.9 Å². The Kier molecular flexibility index (Phi) is 4.86. The zero-order valence-electron chi connectivity index (χ0n) is 15.2. The third-order valence-electron chi connectivity index (χ3n) is 4.48. The average molecular weight is 442 g/mol. The molecular weight excluding hydrogens is 428 g/mol. The van der Waals surface area contributed by atoms with Gasteiger partial charge in [0, 0.05) is 10.8 Å². The van der Waals surface area contributed by atoms with Gasteiger partial charge in [-0.3, -0.25) is 9.11 Å². The molecule has 0 aliphatic carbocycles. The second kappa shape index (κ2) is 7.26. The van der Waals surface area contributed by atoms with Crippen LogP contribution in [0, 0.1) is 0 Å². The van der Waals surface area contributed by atoms with Crippen LogP contribution in [0.3, 0.4) is 0 Å². The maximum atomic E-state index is 12.1. The summed E-state index contributed by atoms with van der Waals surface area (Å²) in [5.41, 5.74) is -0.00675. The Labute approximate surface area is 172 Å². The standard InChI is InChI=1S/C20H14N2O6S2/c23-29(24,25)19-16-10-4-2-7-14(16)12-18(20(19)30(26,27)28)22-21-17-11-5-8-13-6-1-3-9-15(13)17/h1-12H,(H,23,24,25)(H,26,27,28)/b22-21+. The van der Waals surface area contributed by atoms with Crippen LogP contribution in [0.25, 0.3) is 21.5 Å². The van der Waals surface area contributed by atoms with Crippen LogP contribution in [0.1, 0.15) is 0 Å². The van der Waals surface area contributed by atoms with Gasteiger partial charge in [-0.25, -0.2) is 0 Å². The normalized spacial score (nSPS) is 12.7. The van der Waals surface area contributed by atoms with Crippen LogP contribution in [-0.2, 0) is 20.2 Å². The molecule has 0 saturated carbocycles. The molecule has 30 heavy (non-hydrogen) atoms. The van der Waals surface area contributed by atoms with Crippen molar-refractivity contribution >= 4 is 53.2 Å². The van der Waals surface area contributed by atoms with Crippen molar-refractivity contribution in [1.82, 2.24) is 0 Å². The van der Waals surface area contributed by atoms with Crippen molar-refractivity contribution < 1.29 is 25.9 Å². The molecule has 4 aromatic rings. The third-order valence-corrected chi connectivity index (χ3v) is 6.48. The van der Waals surface area contributed by atoms with Gasteiger partial charge in [0.1, 0.15) is 15.5 Å². The fourth-order valence-electron chi connectivity index (χ4n) is 3.26. The summed E-state index contributed by atoms with van der Waals surface area (Å²) in [6, 6.07) is 19.8. The van der Waals surface area contributed by atoms with Crippen molar-refractivity contribution in [2.24, 2.45) is 10.2 Å². The minimum absolute atomic E-state index is 0.0725. The third kappa shape index (κ3) is 3.68. The molecule has 0 aliphatic rings. The molecule has 0 spiro atoms. The van der Waals surface area contributed by atoms with Crippen molar-refractivity contribution in [2.75, 3.05) is 0 Å². The first kappa shape index (κ1) is 20.1. The predicted molar refractivity (Wildman–Crippen MR) is 112 cm³/mol. The lowest BCUT2D eigenvalue weighted by atomic mass is 10.1. The second-order valence-corrected chi connectivity index (χ2v) is 9.14. The van der Waals surface area contributed by atoms with Gasteiger partial charge < -0.3 is 0 Å². The van der Waals surface area contributed by atoms with E-state index in [1.54, 1.807) is 30.3 Å². The Morgan fingerprint density at radius 1 is 0.567 bits per heavy atom. The van der Waals surface area contributed by atoms with Crippen molar-refractivity contribution in [3.8, 4) is 0 Å². The van der Waals surface area contributed by atoms with E-state index in [-0.39, 0.29) is 5.39 Å². The van der Waals surface area contributed by atoms with E-state index >= 15 is 0 Å². The quantitative estimate of drug-likeness (QED) is 0.341. The maximum absolute atomic E-state index is 12.1. The molecule has 4 rings (SSSR count). The molecule has 0 atom stereocenters. The molecule has 8 nitrogen and oxygen atoms in total. The minimum atomic E-state index is -5.08. The summed E-state index contributed by atoms with van der Waals surface area (Å²) < 4.78 is 67.6. The Bertz CT molecular complexity index is 1540. The summed E-state index contributed by atoms with van der Waals surface area (Å²) in [5.74, 6) is 0. The maximum Gasteiger partial charge on any atom is 0.298 e. The summed E-state index contributed by atoms with van der Waals surface area (Å²) in [6.45, 7) is 0. The van der Waals surface area contributed by atoms with E-state index in [0.29, 0.717) is 11.1 Å². The zero-order valence-corrected chi connectivity index (χ0v) is 16.8. The topological polar surface area (TPSA) is 133 Å². The summed E-state index contributed by atoms with van der Waals surface area (Å²) in [6.07, 6.45) is 0. The Morgan fingerprint density at radius 3 is 1.77 bits per heavy atom. The van der Waals surface area contributed by atoms with Gasteiger partial charge in [0.05, 0.1) is 5.69 Å². The van der Waals surface area contributed by atoms with Crippen molar-refractivity contribution in [1.29, 1.82) is 0 Å². The molecule has 0 aliphatic heterocycles. The lowest BCUT2D eigenvalue weighted by Crippen LogP contribution is -2.09. The van der Waals surface area contributed by atoms with Gasteiger partial charge in [0.15, 0.2) is 0 Å². The molecule has 0 saturated heterocycles. The summed E-state index contributed by atoms with van der Waals surface area (Å²) >= 11 is 0. The lowest BCUT2D eigenvalue weighted by molar-refractivity contribution is 0.468. The van der Waals surface area contributed by atoms with Crippen LogP contribution in [0.2, 0.25) is 0 Å². The van der Waals surface area contributed by atoms with Gasteiger partial charge in [-0.15, -0.1) is 10.2 Å². The lowest BCUT2D eigenvalue weighted by Gasteiger charge is -2.11. The zero-order chi connectivity index (χ0) is 21.5. The van der Waals surface area contributed by atoms with Crippen molar-refractivity contribution in [3.63, 3.8) is 0 Å². The highest BCUT2D eigenvalue weighted by atomic mass is 32.2. The van der Waals surface area contributed by atoms with E-state index in [1.165, 1.54) is 24.3 Å². The molecule has 0 unspecified atom stereocenters. The van der Waals surface area contributed by atoms with Gasteiger partial charge in [0.25, 0.3) is 20.2 Å². The predicted octanol–water partition coefficient (Wildman–Crippen LogP) is 4.90. The van der Waals surface area contributed by atoms with E-state index in [4.69, 9.17) is 0 Å². The van der Waals surface area contributed by atoms with E-state index in [2.05, 4.69) is 10.2 Å². The molecule has 2 N–H and O–H groups in total. The molecule has 0 fully saturated rings. The van der Waals surface area contributed by atoms with Crippen molar-refractivity contribution in [3.05, 3.63) is 72.8 Å². The molecule has 0 radical (unpaired) electrons. The number of nitrogens with zero attached hydrogens (tertiary/aromatic N) is 2. The van der Waals surface area contributed by atoms with Crippen LogP contribution < -0.4 is 0 Å². The largest absolute Gasteiger partial charge is 0.298 e. The summed E-state index contributed by atoms with van der Waals surface area (Å²) in [7, 11) is -10.1. The molecule has 0 heterocycles. The Morgan fingerprint density at radius 2 is 1.10 bits per heavy atom. The molecule has 10 heteroatoms. The van der Waals surface area contributed by atoms with Gasteiger partial charge in [0.2, 0.25) is 0 Å². The number of hydrogen-bond donors (Lipinski definition) is 2. The Balaban J connectivity index is 2.05. The van der Waals surface area contributed by atoms with Crippen LogP contribution in [0.5, 0.6) is 0 Å². The fraction of sp³-hybridized carbons (Fsp3) is 0. The Hall–Kier alpha value is -3.18. The number of hydrogen-bond acceptors (Lipinski definition) is 6. The van der Waals surface area contributed by atoms with Gasteiger partial charge in [-0.1, -0.05) is 60.7 Å². The number of benzene rings is 4. The summed E-state index contributed by atoms with van der Waals surface area (Å²) in [5, 5.41) is 9.85. The number of fused-ring (bicyclic) bond motifs is 2. The highest BCUT2D eigenvalue weighted by Gasteiger charge is 2.30. The first-order chi connectivity index (χ1) is 14.2. The first-order valence-electron chi connectivity index (χ1n) is 8.56. The molecule has 0 amide bonds. The molecule has 0 bridgehead atoms. The van der Waals surface area contributed by atoms with Crippen molar-refractivity contribution in [2.45, 2.75) is 9.79 Å². The van der Waals surface area contributed by atoms with Crippen LogP contribution in [-0.4, -0.2) is 25.9 Å². The highest BCUT2D eigenvalue weighted by Crippen LogP contribution is 2.38. The highest BCUT2D eigenvalue weighted by molar-refractivity contribution is 7.89. The fourth-order valence-corrected chi connectivity index (χ4v) is 5.41. The minimum Gasteiger partial charge on any atom is -0.282 e. The monoisotopic (exact) mass is 442 g/mol. The first-order valence-corrected chi connectivity index (χ1v) is 11.4. The van der Waals surface area contributed by atoms with Crippen LogP contribution in [0.4, 0.5) is 11.4 Å². The molecule has 4 aromatic carbocycles. The SMILES string of the molecule is O=S(=O)(O)c1c(/N=N/c2cccc3ccccc23)cc2ccccc2c1S(=O)(=O)O. The van der Waals surface area contributed by atoms with Crippen LogP contribution >= 0.6 is 0 Å². The van der Waals surface area contributed by atoms with E-state index in [1.807, 2.05) is 18.2 Å². The number of azo groups is 1. The summed E-state index contributed by atoms with van der Waals surface area (Å²) in [4.78, 5) is -1.98. The van der Waals surface area contributed by atoms with Gasteiger partial charge in [-0.05, 0) is 22.9 Å².